The van der Waals surface area contributed by atoms with Gasteiger partial charge in [0, 0.05) is 0 Å². The summed E-state index contributed by atoms with van der Waals surface area (Å²) in [6, 6.07) is 0. The molecule has 1 atom stereocenters. The molecule has 1 aliphatic rings. The Morgan fingerprint density at radius 2 is 2.23 bits per heavy atom. The topological polar surface area (TPSA) is 27.7 Å². The van der Waals surface area contributed by atoms with Crippen molar-refractivity contribution in [2.75, 3.05) is 19.8 Å². The maximum atomic E-state index is 11.7. The zero-order valence-corrected chi connectivity index (χ0v) is 7.76. The molecule has 0 aromatic heterocycles. The van der Waals surface area contributed by atoms with Crippen LogP contribution in [0.5, 0.6) is 0 Å². The first-order valence-electron chi connectivity index (χ1n) is 4.17. The fraction of sp³-hybridized carbons (Fsp3) is 1.00. The number of hydrogen-bond donors (Lipinski definition) is 0. The molecule has 0 aliphatic carbocycles. The van der Waals surface area contributed by atoms with Gasteiger partial charge in [0.15, 0.2) is 5.79 Å². The third-order valence-corrected chi connectivity index (χ3v) is 1.61. The molecule has 13 heavy (non-hydrogen) atoms. The van der Waals surface area contributed by atoms with Crippen LogP contribution in [0.4, 0.5) is 8.78 Å². The van der Waals surface area contributed by atoms with E-state index in [-0.39, 0.29) is 12.7 Å². The van der Waals surface area contributed by atoms with Gasteiger partial charge < -0.3 is 14.2 Å². The minimum Gasteiger partial charge on any atom is -0.373 e. The van der Waals surface area contributed by atoms with Crippen molar-refractivity contribution in [3.63, 3.8) is 0 Å². The zero-order valence-electron chi connectivity index (χ0n) is 7.76. The first-order valence-corrected chi connectivity index (χ1v) is 4.17. The number of hydrogen-bond acceptors (Lipinski definition) is 3. The van der Waals surface area contributed by atoms with E-state index in [0.29, 0.717) is 6.61 Å². The third kappa shape index (κ3) is 3.97. The number of alkyl halides is 2. The molecule has 1 saturated heterocycles. The van der Waals surface area contributed by atoms with E-state index in [9.17, 15) is 8.78 Å². The molecule has 5 heteroatoms. The van der Waals surface area contributed by atoms with Crippen molar-refractivity contribution >= 4 is 0 Å². The summed E-state index contributed by atoms with van der Waals surface area (Å²) in [6.45, 7) is 3.57. The molecule has 78 valence electrons. The van der Waals surface area contributed by atoms with Crippen molar-refractivity contribution in [1.29, 1.82) is 0 Å². The van der Waals surface area contributed by atoms with Gasteiger partial charge in [0.25, 0.3) is 6.43 Å². The molecule has 3 nitrogen and oxygen atoms in total. The Hall–Kier alpha value is -0.260. The van der Waals surface area contributed by atoms with Crippen LogP contribution in [0.3, 0.4) is 0 Å². The lowest BCUT2D eigenvalue weighted by molar-refractivity contribution is -0.146. The third-order valence-electron chi connectivity index (χ3n) is 1.61. The van der Waals surface area contributed by atoms with Gasteiger partial charge >= 0.3 is 0 Å². The summed E-state index contributed by atoms with van der Waals surface area (Å²) in [5.41, 5.74) is 0. The fourth-order valence-corrected chi connectivity index (χ4v) is 1.13. The number of ether oxygens (including phenoxy) is 3. The lowest BCUT2D eigenvalue weighted by Gasteiger charge is -2.16. The summed E-state index contributed by atoms with van der Waals surface area (Å²) >= 11 is 0. The molecular formula is C8H14F2O3. The van der Waals surface area contributed by atoms with Crippen LogP contribution >= 0.6 is 0 Å². The highest BCUT2D eigenvalue weighted by molar-refractivity contribution is 4.70. The second-order valence-corrected chi connectivity index (χ2v) is 3.38. The molecule has 0 aromatic carbocycles. The molecule has 0 radical (unpaired) electrons. The van der Waals surface area contributed by atoms with Crippen LogP contribution in [-0.2, 0) is 14.2 Å². The quantitative estimate of drug-likeness (QED) is 0.680. The average molecular weight is 196 g/mol. The second kappa shape index (κ2) is 4.30. The lowest BCUT2D eigenvalue weighted by atomic mass is 10.4. The normalized spacial score (nSPS) is 27.0. The number of rotatable bonds is 4. The Labute approximate surface area is 76.0 Å². The Morgan fingerprint density at radius 1 is 1.54 bits per heavy atom. The molecule has 0 spiro atoms. The molecule has 0 saturated carbocycles. The van der Waals surface area contributed by atoms with Gasteiger partial charge in [-0.25, -0.2) is 8.78 Å². The van der Waals surface area contributed by atoms with Crippen LogP contribution in [-0.4, -0.2) is 38.1 Å². The highest BCUT2D eigenvalue weighted by Crippen LogP contribution is 2.22. The fourth-order valence-electron chi connectivity index (χ4n) is 1.13. The minimum atomic E-state index is -2.42. The Bertz CT molecular complexity index is 161. The average Bonchev–Trinajstić information content (AvgIpc) is 2.29. The Balaban J connectivity index is 2.11. The molecule has 1 fully saturated rings. The summed E-state index contributed by atoms with van der Waals surface area (Å²) in [7, 11) is 0. The second-order valence-electron chi connectivity index (χ2n) is 3.38. The van der Waals surface area contributed by atoms with E-state index in [0.717, 1.165) is 0 Å². The summed E-state index contributed by atoms with van der Waals surface area (Å²) in [4.78, 5) is 0. The van der Waals surface area contributed by atoms with Crippen molar-refractivity contribution in [3.05, 3.63) is 0 Å². The molecule has 1 rings (SSSR count). The zero-order chi connectivity index (χ0) is 9.90. The first-order chi connectivity index (χ1) is 5.99. The first kappa shape index (κ1) is 10.8. The molecule has 0 aromatic rings. The van der Waals surface area contributed by atoms with Gasteiger partial charge in [-0.3, -0.25) is 0 Å². The van der Waals surface area contributed by atoms with Crippen LogP contribution in [0.25, 0.3) is 0 Å². The molecule has 0 amide bonds. The van der Waals surface area contributed by atoms with Crippen LogP contribution < -0.4 is 0 Å². The van der Waals surface area contributed by atoms with E-state index < -0.39 is 18.8 Å². The van der Waals surface area contributed by atoms with Crippen molar-refractivity contribution in [1.82, 2.24) is 0 Å². The van der Waals surface area contributed by atoms with Gasteiger partial charge in [0.2, 0.25) is 0 Å². The summed E-state index contributed by atoms with van der Waals surface area (Å²) < 4.78 is 38.6. The van der Waals surface area contributed by atoms with Crippen LogP contribution in [0.2, 0.25) is 0 Å². The summed E-state index contributed by atoms with van der Waals surface area (Å²) in [5, 5.41) is 0. The van der Waals surface area contributed by atoms with Gasteiger partial charge in [0.1, 0.15) is 12.7 Å². The molecule has 1 heterocycles. The van der Waals surface area contributed by atoms with Gasteiger partial charge in [-0.05, 0) is 13.8 Å². The van der Waals surface area contributed by atoms with Crippen molar-refractivity contribution in [2.24, 2.45) is 0 Å². The molecule has 1 unspecified atom stereocenters. The monoisotopic (exact) mass is 196 g/mol. The summed E-state index contributed by atoms with van der Waals surface area (Å²) in [5.74, 6) is -0.612. The Morgan fingerprint density at radius 3 is 2.69 bits per heavy atom. The highest BCUT2D eigenvalue weighted by Gasteiger charge is 2.32. The summed E-state index contributed by atoms with van der Waals surface area (Å²) in [6.07, 6.45) is -2.65. The molecule has 0 N–H and O–H groups in total. The van der Waals surface area contributed by atoms with Crippen LogP contribution in [0.15, 0.2) is 0 Å². The van der Waals surface area contributed by atoms with Crippen LogP contribution in [0, 0.1) is 0 Å². The van der Waals surface area contributed by atoms with E-state index in [1.165, 1.54) is 0 Å². The molecule has 1 aliphatic heterocycles. The van der Waals surface area contributed by atoms with Gasteiger partial charge in [-0.2, -0.15) is 0 Å². The van der Waals surface area contributed by atoms with Crippen molar-refractivity contribution < 1.29 is 23.0 Å². The van der Waals surface area contributed by atoms with Gasteiger partial charge in [0.05, 0.1) is 13.2 Å². The van der Waals surface area contributed by atoms with E-state index >= 15 is 0 Å². The SMILES string of the molecule is CC1(C)OCC(COCC(F)F)O1. The minimum absolute atomic E-state index is 0.160. The molecular weight excluding hydrogens is 182 g/mol. The maximum absolute atomic E-state index is 11.7. The van der Waals surface area contributed by atoms with E-state index in [1.807, 2.05) is 0 Å². The van der Waals surface area contributed by atoms with E-state index in [4.69, 9.17) is 14.2 Å². The predicted octanol–water partition coefficient (Wildman–Crippen LogP) is 1.42. The number of halogens is 2. The maximum Gasteiger partial charge on any atom is 0.261 e. The van der Waals surface area contributed by atoms with E-state index in [2.05, 4.69) is 0 Å². The van der Waals surface area contributed by atoms with Crippen LogP contribution in [0.1, 0.15) is 13.8 Å². The van der Waals surface area contributed by atoms with E-state index in [1.54, 1.807) is 13.8 Å². The predicted molar refractivity (Wildman–Crippen MR) is 41.7 cm³/mol. The Kier molecular flexibility index (Phi) is 3.58. The van der Waals surface area contributed by atoms with Crippen molar-refractivity contribution in [3.8, 4) is 0 Å². The van der Waals surface area contributed by atoms with Gasteiger partial charge in [-0.15, -0.1) is 0 Å². The van der Waals surface area contributed by atoms with Crippen molar-refractivity contribution in [2.45, 2.75) is 32.2 Å². The largest absolute Gasteiger partial charge is 0.373 e. The standard InChI is InChI=1S/C8H14F2O3/c1-8(2)12-4-6(13-8)3-11-5-7(9)10/h6-7H,3-5H2,1-2H3. The smallest absolute Gasteiger partial charge is 0.261 e. The highest BCUT2D eigenvalue weighted by atomic mass is 19.3. The van der Waals surface area contributed by atoms with Gasteiger partial charge in [-0.1, -0.05) is 0 Å². The lowest BCUT2D eigenvalue weighted by Crippen LogP contribution is -2.24. The molecule has 0 bridgehead atoms.